The minimum atomic E-state index is -0.364. The number of anilines is 1. The van der Waals surface area contributed by atoms with Crippen molar-refractivity contribution in [2.75, 3.05) is 25.6 Å². The second kappa shape index (κ2) is 7.37. The molecule has 0 atom stereocenters. The second-order valence-electron chi connectivity index (χ2n) is 5.90. The van der Waals surface area contributed by atoms with Gasteiger partial charge < -0.3 is 14.8 Å². The number of carbonyl (C=O) groups is 1. The molecule has 0 saturated heterocycles. The number of amides is 1. The fourth-order valence-corrected chi connectivity index (χ4v) is 3.48. The van der Waals surface area contributed by atoms with Crippen LogP contribution in [0.1, 0.15) is 26.8 Å². The van der Waals surface area contributed by atoms with Gasteiger partial charge in [-0.3, -0.25) is 4.79 Å². The third-order valence-electron chi connectivity index (χ3n) is 4.15. The van der Waals surface area contributed by atoms with Crippen LogP contribution < -0.4 is 10.1 Å². The fraction of sp³-hybridized carbons (Fsp3) is 0.278. The molecule has 4 rings (SSSR count). The monoisotopic (exact) mass is 383 g/mol. The van der Waals surface area contributed by atoms with Crippen LogP contribution in [0.15, 0.2) is 24.4 Å². The summed E-state index contributed by atoms with van der Waals surface area (Å²) in [6, 6.07) is 3.84. The average Bonchev–Trinajstić information content (AvgIpc) is 3.14. The van der Waals surface area contributed by atoms with E-state index >= 15 is 0 Å². The number of nitrogens with zero attached hydrogens (tertiary/aromatic N) is 4. The second-order valence-corrected chi connectivity index (χ2v) is 7.08. The summed E-state index contributed by atoms with van der Waals surface area (Å²) in [5, 5.41) is 11.4. The van der Waals surface area contributed by atoms with E-state index in [0.29, 0.717) is 30.3 Å². The number of carbonyl (C=O) groups excluding carboxylic acids is 1. The first-order valence-corrected chi connectivity index (χ1v) is 9.19. The highest BCUT2D eigenvalue weighted by Crippen LogP contribution is 2.32. The maximum atomic E-state index is 12.3. The number of aromatic nitrogens is 4. The molecule has 0 bridgehead atoms. The van der Waals surface area contributed by atoms with Gasteiger partial charge in [0.25, 0.3) is 5.91 Å². The van der Waals surface area contributed by atoms with Gasteiger partial charge in [-0.05, 0) is 31.1 Å². The van der Waals surface area contributed by atoms with Crippen LogP contribution in [0.3, 0.4) is 0 Å². The first kappa shape index (κ1) is 17.5. The number of hydrogen-bond donors (Lipinski definition) is 1. The van der Waals surface area contributed by atoms with Crippen LogP contribution >= 0.6 is 11.3 Å². The zero-order valence-corrected chi connectivity index (χ0v) is 15.7. The lowest BCUT2D eigenvalue weighted by atomic mass is 9.99. The molecule has 0 unspecified atom stereocenters. The Morgan fingerprint density at radius 1 is 1.30 bits per heavy atom. The van der Waals surface area contributed by atoms with Crippen molar-refractivity contribution in [1.82, 2.24) is 20.2 Å². The van der Waals surface area contributed by atoms with Crippen LogP contribution in [0.4, 0.5) is 5.82 Å². The third-order valence-corrected chi connectivity index (χ3v) is 4.99. The number of aryl methyl sites for hydroxylation is 1. The Morgan fingerprint density at radius 3 is 2.89 bits per heavy atom. The summed E-state index contributed by atoms with van der Waals surface area (Å²) in [5.74, 6) is 0.560. The Bertz CT molecular complexity index is 1050. The van der Waals surface area contributed by atoms with Gasteiger partial charge in [0.05, 0.1) is 26.5 Å². The van der Waals surface area contributed by atoms with Gasteiger partial charge in [0.2, 0.25) is 5.01 Å². The lowest BCUT2D eigenvalue weighted by Gasteiger charge is -2.16. The zero-order valence-electron chi connectivity index (χ0n) is 14.9. The molecule has 1 N–H and O–H groups in total. The number of methoxy groups -OCH3 is 1. The number of ether oxygens (including phenoxy) is 2. The number of rotatable bonds is 4. The summed E-state index contributed by atoms with van der Waals surface area (Å²) in [7, 11) is 1.58. The first-order chi connectivity index (χ1) is 13.2. The molecule has 0 spiro atoms. The van der Waals surface area contributed by atoms with E-state index in [2.05, 4.69) is 31.6 Å². The van der Waals surface area contributed by atoms with E-state index in [-0.39, 0.29) is 10.9 Å². The number of fused-ring (bicyclic) bond motifs is 1. The molecule has 1 aliphatic heterocycles. The maximum absolute atomic E-state index is 12.3. The average molecular weight is 383 g/mol. The molecule has 0 saturated carbocycles. The predicted octanol–water partition coefficient (Wildman–Crippen LogP) is 2.85. The van der Waals surface area contributed by atoms with Crippen LogP contribution in [0.5, 0.6) is 5.75 Å². The number of nitrogens with one attached hydrogen (secondary N) is 1. The van der Waals surface area contributed by atoms with E-state index in [4.69, 9.17) is 9.47 Å². The van der Waals surface area contributed by atoms with Crippen molar-refractivity contribution >= 4 is 39.7 Å². The maximum Gasteiger partial charge on any atom is 0.287 e. The predicted molar refractivity (Wildman–Crippen MR) is 102 cm³/mol. The van der Waals surface area contributed by atoms with Crippen LogP contribution in [-0.2, 0) is 4.74 Å². The largest absolute Gasteiger partial charge is 0.494 e. The van der Waals surface area contributed by atoms with Gasteiger partial charge in [0, 0.05) is 5.56 Å². The summed E-state index contributed by atoms with van der Waals surface area (Å²) in [6.45, 7) is 3.07. The molecular formula is C18H17N5O3S. The van der Waals surface area contributed by atoms with Crippen LogP contribution in [0.25, 0.3) is 16.6 Å². The van der Waals surface area contributed by atoms with E-state index in [1.54, 1.807) is 14.0 Å². The molecule has 27 heavy (non-hydrogen) atoms. The zero-order chi connectivity index (χ0) is 18.8. The van der Waals surface area contributed by atoms with Gasteiger partial charge >= 0.3 is 0 Å². The highest BCUT2D eigenvalue weighted by molar-refractivity contribution is 7.13. The summed E-state index contributed by atoms with van der Waals surface area (Å²) < 4.78 is 10.8. The van der Waals surface area contributed by atoms with Gasteiger partial charge in [-0.1, -0.05) is 17.4 Å². The Labute approximate surface area is 159 Å². The van der Waals surface area contributed by atoms with Crippen molar-refractivity contribution < 1.29 is 14.3 Å². The van der Waals surface area contributed by atoms with Crippen LogP contribution in [0, 0.1) is 6.92 Å². The van der Waals surface area contributed by atoms with Crippen molar-refractivity contribution in [3.63, 3.8) is 0 Å². The SMILES string of the molecule is COc1ccc(C2=CCOCC2)c2ncc(NC(=O)c3nnc(C)s3)nc12. The topological polar surface area (TPSA) is 99.1 Å². The molecule has 1 amide bonds. The van der Waals surface area contributed by atoms with Crippen molar-refractivity contribution in [3.05, 3.63) is 40.0 Å². The summed E-state index contributed by atoms with van der Waals surface area (Å²) in [6.07, 6.45) is 4.41. The van der Waals surface area contributed by atoms with Gasteiger partial charge in [0.15, 0.2) is 5.82 Å². The standard InChI is InChI=1S/C18H17N5O3S/c1-10-22-23-18(27-10)17(24)21-14-9-19-15-12(11-5-7-26-8-6-11)3-4-13(25-2)16(15)20-14/h3-5,9H,6-8H2,1-2H3,(H,20,21,24). The van der Waals surface area contributed by atoms with Gasteiger partial charge in [-0.2, -0.15) is 0 Å². The lowest BCUT2D eigenvalue weighted by Crippen LogP contribution is -2.13. The lowest BCUT2D eigenvalue weighted by molar-refractivity contribution is 0.102. The highest BCUT2D eigenvalue weighted by Gasteiger charge is 2.17. The molecule has 0 radical (unpaired) electrons. The van der Waals surface area contributed by atoms with Crippen molar-refractivity contribution in [1.29, 1.82) is 0 Å². The molecule has 0 aliphatic carbocycles. The first-order valence-electron chi connectivity index (χ1n) is 8.38. The van der Waals surface area contributed by atoms with Crippen LogP contribution in [-0.4, -0.2) is 46.4 Å². The summed E-state index contributed by atoms with van der Waals surface area (Å²) >= 11 is 1.22. The Kier molecular flexibility index (Phi) is 4.78. The Balaban J connectivity index is 1.72. The molecule has 138 valence electrons. The van der Waals surface area contributed by atoms with Crippen molar-refractivity contribution in [2.24, 2.45) is 0 Å². The van der Waals surface area contributed by atoms with Gasteiger partial charge in [0.1, 0.15) is 21.8 Å². The summed E-state index contributed by atoms with van der Waals surface area (Å²) in [4.78, 5) is 21.4. The molecule has 1 aliphatic rings. The molecule has 1 aromatic carbocycles. The van der Waals surface area contributed by atoms with Gasteiger partial charge in [-0.15, -0.1) is 10.2 Å². The smallest absolute Gasteiger partial charge is 0.287 e. The number of hydrogen-bond acceptors (Lipinski definition) is 8. The normalized spacial score (nSPS) is 14.1. The summed E-state index contributed by atoms with van der Waals surface area (Å²) in [5.41, 5.74) is 3.49. The van der Waals surface area contributed by atoms with E-state index in [1.165, 1.54) is 23.1 Å². The molecule has 3 aromatic rings. The Hall–Kier alpha value is -2.91. The van der Waals surface area contributed by atoms with E-state index in [9.17, 15) is 4.79 Å². The van der Waals surface area contributed by atoms with Crippen molar-refractivity contribution in [2.45, 2.75) is 13.3 Å². The van der Waals surface area contributed by atoms with Crippen molar-refractivity contribution in [3.8, 4) is 5.75 Å². The fourth-order valence-electron chi connectivity index (χ4n) is 2.89. The van der Waals surface area contributed by atoms with Gasteiger partial charge in [-0.25, -0.2) is 9.97 Å². The minimum absolute atomic E-state index is 0.280. The van der Waals surface area contributed by atoms with E-state index in [0.717, 1.165) is 22.5 Å². The highest BCUT2D eigenvalue weighted by atomic mass is 32.1. The molecule has 3 heterocycles. The molecule has 9 heteroatoms. The molecule has 8 nitrogen and oxygen atoms in total. The molecular weight excluding hydrogens is 366 g/mol. The van der Waals surface area contributed by atoms with E-state index < -0.39 is 0 Å². The Morgan fingerprint density at radius 2 is 2.19 bits per heavy atom. The minimum Gasteiger partial charge on any atom is -0.494 e. The van der Waals surface area contributed by atoms with Crippen LogP contribution in [0.2, 0.25) is 0 Å². The third kappa shape index (κ3) is 3.51. The quantitative estimate of drug-likeness (QED) is 0.739. The molecule has 2 aromatic heterocycles. The number of benzene rings is 1. The van der Waals surface area contributed by atoms with E-state index in [1.807, 2.05) is 12.1 Å². The molecule has 0 fully saturated rings.